The molecular weight excluding hydrogens is 344 g/mol. The van der Waals surface area contributed by atoms with Gasteiger partial charge in [-0.05, 0) is 46.0 Å². The summed E-state index contributed by atoms with van der Waals surface area (Å²) in [5.41, 5.74) is 5.47. The number of carbonyl (C=O) groups excluding carboxylic acids is 1. The first-order valence-electron chi connectivity index (χ1n) is 9.29. The highest BCUT2D eigenvalue weighted by Gasteiger charge is 2.33. The zero-order valence-corrected chi connectivity index (χ0v) is 16.0. The lowest BCUT2D eigenvalue weighted by Gasteiger charge is -2.25. The van der Waals surface area contributed by atoms with Gasteiger partial charge < -0.3 is 20.0 Å². The van der Waals surface area contributed by atoms with Gasteiger partial charge in [0.25, 0.3) is 0 Å². The third-order valence-electron chi connectivity index (χ3n) is 4.70. The van der Waals surface area contributed by atoms with Crippen molar-refractivity contribution in [2.75, 3.05) is 33.8 Å². The van der Waals surface area contributed by atoms with Crippen LogP contribution in [0.4, 0.5) is 0 Å². The molecule has 0 radical (unpaired) electrons. The Labute approximate surface area is 158 Å². The van der Waals surface area contributed by atoms with Crippen molar-refractivity contribution in [3.63, 3.8) is 0 Å². The molecule has 0 saturated carbocycles. The summed E-state index contributed by atoms with van der Waals surface area (Å²) in [6.45, 7) is 3.61. The summed E-state index contributed by atoms with van der Waals surface area (Å²) in [6.07, 6.45) is 1.11. The normalized spacial score (nSPS) is 17.9. The zero-order valence-electron chi connectivity index (χ0n) is 16.0. The third-order valence-corrected chi connectivity index (χ3v) is 4.70. The molecule has 1 aliphatic rings. The standard InChI is InChI=1S/C20H26N4O3/c1-4-27-20(26)14-9-10-16(23-21-11-12-24(2)3)17-18(14)22-15-8-6-5-7-13(15)19(17)25/h5-8,14,21H,4,9-12H2,1-3H3,(H,22,25)/b23-16-. The fourth-order valence-electron chi connectivity index (χ4n) is 3.37. The minimum Gasteiger partial charge on any atom is -0.465 e. The second-order valence-electron chi connectivity index (χ2n) is 6.90. The lowest BCUT2D eigenvalue weighted by atomic mass is 9.84. The second-order valence-corrected chi connectivity index (χ2v) is 6.90. The van der Waals surface area contributed by atoms with Crippen LogP contribution >= 0.6 is 0 Å². The molecule has 0 saturated heterocycles. The molecule has 144 valence electrons. The molecule has 27 heavy (non-hydrogen) atoms. The molecule has 0 amide bonds. The number of H-pyrrole nitrogens is 1. The highest BCUT2D eigenvalue weighted by atomic mass is 16.5. The van der Waals surface area contributed by atoms with Gasteiger partial charge in [-0.3, -0.25) is 9.59 Å². The van der Waals surface area contributed by atoms with Gasteiger partial charge in [0.1, 0.15) is 0 Å². The Balaban J connectivity index is 2.06. The maximum atomic E-state index is 13.2. The van der Waals surface area contributed by atoms with Crippen LogP contribution in [0.1, 0.15) is 36.9 Å². The first-order chi connectivity index (χ1) is 13.0. The van der Waals surface area contributed by atoms with Gasteiger partial charge in [-0.2, -0.15) is 5.10 Å². The molecule has 0 spiro atoms. The third kappa shape index (κ3) is 4.03. The molecule has 1 unspecified atom stereocenters. The Bertz CT molecular complexity index is 917. The number of esters is 1. The van der Waals surface area contributed by atoms with Crippen LogP contribution in [0.3, 0.4) is 0 Å². The van der Waals surface area contributed by atoms with Crippen molar-refractivity contribution >= 4 is 22.6 Å². The summed E-state index contributed by atoms with van der Waals surface area (Å²) < 4.78 is 5.23. The Hall–Kier alpha value is -2.67. The molecule has 1 aromatic heterocycles. The number of nitrogens with zero attached hydrogens (tertiary/aromatic N) is 2. The summed E-state index contributed by atoms with van der Waals surface area (Å²) >= 11 is 0. The van der Waals surface area contributed by atoms with E-state index < -0.39 is 5.92 Å². The lowest BCUT2D eigenvalue weighted by Crippen LogP contribution is -2.32. The van der Waals surface area contributed by atoms with E-state index in [0.717, 1.165) is 12.1 Å². The largest absolute Gasteiger partial charge is 0.465 e. The van der Waals surface area contributed by atoms with Gasteiger partial charge in [0, 0.05) is 29.7 Å². The first-order valence-corrected chi connectivity index (χ1v) is 9.29. The van der Waals surface area contributed by atoms with Crippen molar-refractivity contribution < 1.29 is 9.53 Å². The van der Waals surface area contributed by atoms with Crippen LogP contribution in [0.2, 0.25) is 0 Å². The predicted octanol–water partition coefficient (Wildman–Crippen LogP) is 1.82. The van der Waals surface area contributed by atoms with Gasteiger partial charge in [0.15, 0.2) is 5.43 Å². The minimum absolute atomic E-state index is 0.0958. The number of hydrogen-bond acceptors (Lipinski definition) is 6. The maximum absolute atomic E-state index is 13.2. The molecule has 1 aromatic carbocycles. The topological polar surface area (TPSA) is 86.8 Å². The zero-order chi connectivity index (χ0) is 19.4. The SMILES string of the molecule is CCOC(=O)C1CC/C(=N/NCCN(C)C)c2c1[nH]c1ccccc1c2=O. The predicted molar refractivity (Wildman–Crippen MR) is 106 cm³/mol. The molecule has 2 N–H and O–H groups in total. The molecule has 7 heteroatoms. The molecule has 3 rings (SSSR count). The molecule has 1 heterocycles. The smallest absolute Gasteiger partial charge is 0.314 e. The Morgan fingerprint density at radius 2 is 2.15 bits per heavy atom. The highest BCUT2D eigenvalue weighted by Crippen LogP contribution is 2.31. The molecule has 2 aromatic rings. The van der Waals surface area contributed by atoms with E-state index in [9.17, 15) is 9.59 Å². The van der Waals surface area contributed by atoms with Crippen molar-refractivity contribution in [3.05, 3.63) is 45.7 Å². The van der Waals surface area contributed by atoms with Gasteiger partial charge in [-0.25, -0.2) is 0 Å². The average Bonchev–Trinajstić information content (AvgIpc) is 2.65. The number of aromatic nitrogens is 1. The summed E-state index contributed by atoms with van der Waals surface area (Å²) in [6, 6.07) is 7.34. The summed E-state index contributed by atoms with van der Waals surface area (Å²) in [7, 11) is 3.98. The van der Waals surface area contributed by atoms with Crippen LogP contribution in [-0.4, -0.2) is 55.4 Å². The van der Waals surface area contributed by atoms with E-state index in [1.54, 1.807) is 13.0 Å². The number of nitrogens with one attached hydrogen (secondary N) is 2. The van der Waals surface area contributed by atoms with E-state index in [4.69, 9.17) is 4.74 Å². The molecule has 1 atom stereocenters. The summed E-state index contributed by atoms with van der Waals surface area (Å²) in [4.78, 5) is 31.0. The van der Waals surface area contributed by atoms with E-state index in [1.165, 1.54) is 0 Å². The number of fused-ring (bicyclic) bond motifs is 2. The Morgan fingerprint density at radius 1 is 1.37 bits per heavy atom. The maximum Gasteiger partial charge on any atom is 0.314 e. The van der Waals surface area contributed by atoms with Crippen molar-refractivity contribution in [2.24, 2.45) is 5.10 Å². The van der Waals surface area contributed by atoms with E-state index in [2.05, 4.69) is 20.4 Å². The molecule has 0 bridgehead atoms. The van der Waals surface area contributed by atoms with Crippen LogP contribution in [0.25, 0.3) is 10.9 Å². The minimum atomic E-state index is -0.474. The molecule has 0 fully saturated rings. The van der Waals surface area contributed by atoms with Gasteiger partial charge >= 0.3 is 5.97 Å². The number of likely N-dealkylation sites (N-methyl/N-ethyl adjacent to an activating group) is 1. The van der Waals surface area contributed by atoms with Crippen LogP contribution in [-0.2, 0) is 9.53 Å². The number of hydrazone groups is 1. The van der Waals surface area contributed by atoms with Gasteiger partial charge in [-0.15, -0.1) is 0 Å². The van der Waals surface area contributed by atoms with Crippen molar-refractivity contribution in [3.8, 4) is 0 Å². The van der Waals surface area contributed by atoms with Crippen LogP contribution < -0.4 is 10.9 Å². The fourth-order valence-corrected chi connectivity index (χ4v) is 3.37. The van der Waals surface area contributed by atoms with Gasteiger partial charge in [-0.1, -0.05) is 12.1 Å². The number of rotatable bonds is 6. The van der Waals surface area contributed by atoms with Crippen molar-refractivity contribution in [1.29, 1.82) is 0 Å². The number of aromatic amines is 1. The Kier molecular flexibility index (Phi) is 5.91. The second kappa shape index (κ2) is 8.35. The number of para-hydroxylation sites is 1. The number of carbonyl (C=O) groups is 1. The lowest BCUT2D eigenvalue weighted by molar-refractivity contribution is -0.145. The number of hydrogen-bond donors (Lipinski definition) is 2. The van der Waals surface area contributed by atoms with Crippen molar-refractivity contribution in [2.45, 2.75) is 25.7 Å². The van der Waals surface area contributed by atoms with Gasteiger partial charge in [0.05, 0.1) is 23.8 Å². The summed E-state index contributed by atoms with van der Waals surface area (Å²) in [5.74, 6) is -0.776. The first kappa shape index (κ1) is 19.1. The number of benzene rings is 1. The van der Waals surface area contributed by atoms with Crippen LogP contribution in [0, 0.1) is 0 Å². The quantitative estimate of drug-likeness (QED) is 0.460. The van der Waals surface area contributed by atoms with E-state index in [1.807, 2.05) is 32.3 Å². The molecule has 0 aliphatic heterocycles. The highest BCUT2D eigenvalue weighted by molar-refractivity contribution is 6.06. The van der Waals surface area contributed by atoms with Crippen LogP contribution in [0.15, 0.2) is 34.2 Å². The number of pyridine rings is 1. The van der Waals surface area contributed by atoms with E-state index in [-0.39, 0.29) is 11.4 Å². The van der Waals surface area contributed by atoms with E-state index >= 15 is 0 Å². The van der Waals surface area contributed by atoms with Crippen molar-refractivity contribution in [1.82, 2.24) is 15.3 Å². The summed E-state index contributed by atoms with van der Waals surface area (Å²) in [5, 5.41) is 5.07. The van der Waals surface area contributed by atoms with Crippen LogP contribution in [0.5, 0.6) is 0 Å². The average molecular weight is 370 g/mol. The molecule has 1 aliphatic carbocycles. The fraction of sp³-hybridized carbons (Fsp3) is 0.450. The monoisotopic (exact) mass is 370 g/mol. The molecule has 7 nitrogen and oxygen atoms in total. The van der Waals surface area contributed by atoms with Gasteiger partial charge in [0.2, 0.25) is 0 Å². The number of ether oxygens (including phenoxy) is 1. The Morgan fingerprint density at radius 3 is 2.89 bits per heavy atom. The molecular formula is C20H26N4O3. The van der Waals surface area contributed by atoms with E-state index in [0.29, 0.717) is 48.3 Å².